The molecule has 0 aliphatic rings. The molecule has 0 aliphatic carbocycles. The van der Waals surface area contributed by atoms with Crippen LogP contribution < -0.4 is 5.32 Å². The number of aliphatic hydroxyl groups is 1. The largest absolute Gasteiger partial charge is 0.480 e. The number of hydrogen-bond donors (Lipinski definition) is 3. The Morgan fingerprint density at radius 3 is 2.71 bits per heavy atom. The van der Waals surface area contributed by atoms with Crippen LogP contribution in [-0.4, -0.2) is 49.0 Å². The first-order valence-corrected chi connectivity index (χ1v) is 5.03. The van der Waals surface area contributed by atoms with Gasteiger partial charge in [-0.25, -0.2) is 9.78 Å². The van der Waals surface area contributed by atoms with E-state index in [2.05, 4.69) is 15.4 Å². The van der Waals surface area contributed by atoms with Crippen LogP contribution in [0.2, 0.25) is 0 Å². The fraction of sp³-hybridized carbons (Fsp3) is 0.556. The predicted molar refractivity (Wildman–Crippen MR) is 55.9 cm³/mol. The molecule has 0 aromatic carbocycles. The zero-order valence-corrected chi connectivity index (χ0v) is 9.28. The van der Waals surface area contributed by atoms with Crippen molar-refractivity contribution in [1.82, 2.24) is 20.1 Å². The number of nitrogens with one attached hydrogen (secondary N) is 1. The average Bonchev–Trinajstić information content (AvgIpc) is 2.74. The molecule has 1 amide bonds. The first kappa shape index (κ1) is 13.1. The molecule has 0 radical (unpaired) electrons. The van der Waals surface area contributed by atoms with Gasteiger partial charge in [-0.3, -0.25) is 9.48 Å². The van der Waals surface area contributed by atoms with E-state index < -0.39 is 24.0 Å². The van der Waals surface area contributed by atoms with E-state index in [0.717, 1.165) is 0 Å². The van der Waals surface area contributed by atoms with Gasteiger partial charge in [-0.1, -0.05) is 0 Å². The molecule has 17 heavy (non-hydrogen) atoms. The lowest BCUT2D eigenvalue weighted by Gasteiger charge is -2.16. The molecule has 8 nitrogen and oxygen atoms in total. The van der Waals surface area contributed by atoms with E-state index in [-0.39, 0.29) is 6.42 Å². The average molecular weight is 242 g/mol. The molecule has 1 rings (SSSR count). The first-order chi connectivity index (χ1) is 8.00. The molecule has 0 saturated heterocycles. The highest BCUT2D eigenvalue weighted by Gasteiger charge is 2.24. The van der Waals surface area contributed by atoms with Crippen molar-refractivity contribution in [3.8, 4) is 0 Å². The van der Waals surface area contributed by atoms with Gasteiger partial charge in [-0.15, -0.1) is 0 Å². The quantitative estimate of drug-likeness (QED) is 0.566. The molecule has 0 spiro atoms. The van der Waals surface area contributed by atoms with E-state index in [1.807, 2.05) is 0 Å². The summed E-state index contributed by atoms with van der Waals surface area (Å²) >= 11 is 0. The Hall–Kier alpha value is -1.96. The highest BCUT2D eigenvalue weighted by Crippen LogP contribution is 1.95. The molecule has 8 heteroatoms. The van der Waals surface area contributed by atoms with E-state index in [4.69, 9.17) is 10.2 Å². The highest BCUT2D eigenvalue weighted by atomic mass is 16.4. The van der Waals surface area contributed by atoms with Gasteiger partial charge in [0.1, 0.15) is 12.7 Å². The Labute approximate surface area is 97.3 Å². The SMILES string of the molecule is C[C@@H](O)[C@H](NC(=O)CCn1cncn1)C(=O)O. The van der Waals surface area contributed by atoms with Crippen LogP contribution >= 0.6 is 0 Å². The number of carbonyl (C=O) groups is 2. The summed E-state index contributed by atoms with van der Waals surface area (Å²) in [7, 11) is 0. The number of aliphatic hydroxyl groups excluding tert-OH is 1. The van der Waals surface area contributed by atoms with Crippen LogP contribution in [0.5, 0.6) is 0 Å². The van der Waals surface area contributed by atoms with Gasteiger partial charge < -0.3 is 15.5 Å². The van der Waals surface area contributed by atoms with E-state index in [1.165, 1.54) is 24.3 Å². The third kappa shape index (κ3) is 4.19. The topological polar surface area (TPSA) is 117 Å². The summed E-state index contributed by atoms with van der Waals surface area (Å²) < 4.78 is 1.46. The molecule has 0 unspecified atom stereocenters. The molecular weight excluding hydrogens is 228 g/mol. The number of carboxylic acid groups (broad SMARTS) is 1. The van der Waals surface area contributed by atoms with Crippen LogP contribution in [0.25, 0.3) is 0 Å². The zero-order valence-electron chi connectivity index (χ0n) is 9.28. The lowest BCUT2D eigenvalue weighted by molar-refractivity contribution is -0.144. The Bertz CT molecular complexity index is 376. The molecule has 0 saturated carbocycles. The molecule has 1 aromatic heterocycles. The van der Waals surface area contributed by atoms with Gasteiger partial charge in [0.15, 0.2) is 6.04 Å². The minimum Gasteiger partial charge on any atom is -0.480 e. The van der Waals surface area contributed by atoms with Crippen molar-refractivity contribution >= 4 is 11.9 Å². The van der Waals surface area contributed by atoms with Gasteiger partial charge >= 0.3 is 5.97 Å². The van der Waals surface area contributed by atoms with Gasteiger partial charge in [-0.05, 0) is 6.92 Å². The number of carboxylic acids is 1. The maximum Gasteiger partial charge on any atom is 0.328 e. The van der Waals surface area contributed by atoms with Gasteiger partial charge in [0, 0.05) is 6.42 Å². The van der Waals surface area contributed by atoms with Crippen molar-refractivity contribution in [2.24, 2.45) is 0 Å². The Morgan fingerprint density at radius 2 is 2.24 bits per heavy atom. The number of aliphatic carboxylic acids is 1. The van der Waals surface area contributed by atoms with E-state index in [0.29, 0.717) is 6.54 Å². The molecule has 94 valence electrons. The van der Waals surface area contributed by atoms with Gasteiger partial charge in [0.25, 0.3) is 0 Å². The van der Waals surface area contributed by atoms with E-state index >= 15 is 0 Å². The second-order valence-electron chi connectivity index (χ2n) is 3.53. The van der Waals surface area contributed by atoms with Crippen LogP contribution in [0.3, 0.4) is 0 Å². The van der Waals surface area contributed by atoms with Gasteiger partial charge in [0.05, 0.1) is 12.6 Å². The number of hydrogen-bond acceptors (Lipinski definition) is 5. The molecule has 0 fully saturated rings. The van der Waals surface area contributed by atoms with Gasteiger partial charge in [0.2, 0.25) is 5.91 Å². The number of amides is 1. The summed E-state index contributed by atoms with van der Waals surface area (Å²) in [5.41, 5.74) is 0. The summed E-state index contributed by atoms with van der Waals surface area (Å²) in [6, 6.07) is -1.29. The monoisotopic (exact) mass is 242 g/mol. The molecular formula is C9H14N4O4. The van der Waals surface area contributed by atoms with Crippen LogP contribution in [0.15, 0.2) is 12.7 Å². The fourth-order valence-electron chi connectivity index (χ4n) is 1.20. The number of aryl methyl sites for hydroxylation is 1. The van der Waals surface area contributed by atoms with E-state index in [1.54, 1.807) is 0 Å². The smallest absolute Gasteiger partial charge is 0.328 e. The molecule has 3 N–H and O–H groups in total. The first-order valence-electron chi connectivity index (χ1n) is 5.03. The second kappa shape index (κ2) is 5.94. The summed E-state index contributed by atoms with van der Waals surface area (Å²) in [4.78, 5) is 25.8. The summed E-state index contributed by atoms with van der Waals surface area (Å²) in [5.74, 6) is -1.73. The molecule has 0 aliphatic heterocycles. The maximum atomic E-state index is 11.4. The van der Waals surface area contributed by atoms with Crippen LogP contribution in [0.1, 0.15) is 13.3 Å². The lowest BCUT2D eigenvalue weighted by Crippen LogP contribution is -2.47. The van der Waals surface area contributed by atoms with Crippen molar-refractivity contribution in [2.45, 2.75) is 32.0 Å². The Morgan fingerprint density at radius 1 is 1.53 bits per heavy atom. The number of carbonyl (C=O) groups excluding carboxylic acids is 1. The third-order valence-corrected chi connectivity index (χ3v) is 2.10. The maximum absolute atomic E-state index is 11.4. The van der Waals surface area contributed by atoms with Crippen molar-refractivity contribution in [1.29, 1.82) is 0 Å². The zero-order chi connectivity index (χ0) is 12.8. The molecule has 1 aromatic rings. The van der Waals surface area contributed by atoms with Crippen molar-refractivity contribution < 1.29 is 19.8 Å². The summed E-state index contributed by atoms with van der Waals surface area (Å²) in [5, 5.41) is 23.9. The normalized spacial score (nSPS) is 14.0. The van der Waals surface area contributed by atoms with Gasteiger partial charge in [-0.2, -0.15) is 5.10 Å². The van der Waals surface area contributed by atoms with Crippen LogP contribution in [0.4, 0.5) is 0 Å². The molecule has 2 atom stereocenters. The minimum absolute atomic E-state index is 0.0693. The standard InChI is InChI=1S/C9H14N4O4/c1-6(14)8(9(16)17)12-7(15)2-3-13-5-10-4-11-13/h4-6,8,14H,2-3H2,1H3,(H,12,15)(H,16,17)/t6-,8+/m1/s1. The third-order valence-electron chi connectivity index (χ3n) is 2.10. The second-order valence-corrected chi connectivity index (χ2v) is 3.53. The number of nitrogens with zero attached hydrogens (tertiary/aromatic N) is 3. The number of aromatic nitrogens is 3. The van der Waals surface area contributed by atoms with Crippen molar-refractivity contribution in [3.63, 3.8) is 0 Å². The highest BCUT2D eigenvalue weighted by molar-refractivity contribution is 5.83. The van der Waals surface area contributed by atoms with Crippen LogP contribution in [-0.2, 0) is 16.1 Å². The van der Waals surface area contributed by atoms with E-state index in [9.17, 15) is 9.59 Å². The fourth-order valence-corrected chi connectivity index (χ4v) is 1.20. The minimum atomic E-state index is -1.29. The molecule has 0 bridgehead atoms. The lowest BCUT2D eigenvalue weighted by atomic mass is 10.2. The Kier molecular flexibility index (Phi) is 4.58. The van der Waals surface area contributed by atoms with Crippen LogP contribution in [0, 0.1) is 0 Å². The Balaban J connectivity index is 2.40. The van der Waals surface area contributed by atoms with Crippen molar-refractivity contribution in [2.75, 3.05) is 0 Å². The summed E-state index contributed by atoms with van der Waals surface area (Å²) in [6.45, 7) is 1.61. The summed E-state index contributed by atoms with van der Waals surface area (Å²) in [6.07, 6.45) is 1.72. The molecule has 1 heterocycles. The number of rotatable bonds is 6. The van der Waals surface area contributed by atoms with Crippen molar-refractivity contribution in [3.05, 3.63) is 12.7 Å². The predicted octanol–water partition coefficient (Wildman–Crippen LogP) is -1.38.